The molecule has 2 N–H and O–H groups in total. The fourth-order valence-corrected chi connectivity index (χ4v) is 0.728. The molecular formula is C7H11N3. The van der Waals surface area contributed by atoms with Crippen molar-refractivity contribution in [3.05, 3.63) is 23.8 Å². The van der Waals surface area contributed by atoms with Crippen molar-refractivity contribution in [3.63, 3.8) is 0 Å². The minimum absolute atomic E-state index is 0.00157. The number of hydrogen-bond donors (Lipinski definition) is 1. The second-order valence-electron chi connectivity index (χ2n) is 2.32. The maximum absolute atomic E-state index is 5.59. The summed E-state index contributed by atoms with van der Waals surface area (Å²) in [6.45, 7) is 3.76. The Morgan fingerprint density at radius 1 is 1.60 bits per heavy atom. The highest BCUT2D eigenvalue weighted by Gasteiger charge is 1.99. The van der Waals surface area contributed by atoms with Crippen LogP contribution >= 0.6 is 0 Å². The molecule has 1 heterocycles. The van der Waals surface area contributed by atoms with Crippen LogP contribution in [0.25, 0.3) is 0 Å². The van der Waals surface area contributed by atoms with Crippen LogP contribution in [-0.2, 0) is 0 Å². The van der Waals surface area contributed by atoms with Gasteiger partial charge in [0.2, 0.25) is 0 Å². The van der Waals surface area contributed by atoms with E-state index in [1.165, 1.54) is 0 Å². The molecule has 1 aromatic rings. The Morgan fingerprint density at radius 3 is 2.70 bits per heavy atom. The van der Waals surface area contributed by atoms with E-state index in [1.54, 1.807) is 6.20 Å². The molecule has 0 spiro atoms. The number of aryl methyl sites for hydroxylation is 1. The van der Waals surface area contributed by atoms with Crippen LogP contribution in [0.15, 0.2) is 12.3 Å². The van der Waals surface area contributed by atoms with E-state index >= 15 is 0 Å². The van der Waals surface area contributed by atoms with Crippen molar-refractivity contribution in [1.29, 1.82) is 0 Å². The fourth-order valence-electron chi connectivity index (χ4n) is 0.728. The van der Waals surface area contributed by atoms with Crippen molar-refractivity contribution in [1.82, 2.24) is 9.97 Å². The van der Waals surface area contributed by atoms with E-state index in [4.69, 9.17) is 5.73 Å². The van der Waals surface area contributed by atoms with Gasteiger partial charge >= 0.3 is 0 Å². The highest BCUT2D eigenvalue weighted by molar-refractivity contribution is 5.04. The Bertz CT molecular complexity index is 220. The van der Waals surface area contributed by atoms with Gasteiger partial charge < -0.3 is 5.73 Å². The average molecular weight is 137 g/mol. The standard InChI is InChI=1S/C7H11N3/c1-5(8)7-3-4-9-6(2)10-7/h3-5H,8H2,1-2H3/t5-/m0/s1. The van der Waals surface area contributed by atoms with Gasteiger partial charge in [-0.3, -0.25) is 0 Å². The van der Waals surface area contributed by atoms with Gasteiger partial charge in [0, 0.05) is 12.2 Å². The third kappa shape index (κ3) is 1.51. The van der Waals surface area contributed by atoms with Gasteiger partial charge in [0.05, 0.1) is 5.69 Å². The molecule has 1 atom stereocenters. The topological polar surface area (TPSA) is 51.8 Å². The molecule has 0 saturated carbocycles. The van der Waals surface area contributed by atoms with Crippen molar-refractivity contribution in [2.75, 3.05) is 0 Å². The summed E-state index contributed by atoms with van der Waals surface area (Å²) < 4.78 is 0. The second-order valence-corrected chi connectivity index (χ2v) is 2.32. The lowest BCUT2D eigenvalue weighted by Gasteiger charge is -2.02. The summed E-state index contributed by atoms with van der Waals surface area (Å²) in [5.74, 6) is 0.773. The van der Waals surface area contributed by atoms with Gasteiger partial charge in [-0.2, -0.15) is 0 Å². The number of rotatable bonds is 1. The molecule has 54 valence electrons. The van der Waals surface area contributed by atoms with E-state index in [9.17, 15) is 0 Å². The second kappa shape index (κ2) is 2.75. The largest absolute Gasteiger partial charge is 0.323 e. The average Bonchev–Trinajstić information content (AvgIpc) is 1.88. The normalized spacial score (nSPS) is 13.1. The first-order chi connectivity index (χ1) is 4.70. The summed E-state index contributed by atoms with van der Waals surface area (Å²) in [6.07, 6.45) is 1.72. The van der Waals surface area contributed by atoms with Crippen LogP contribution in [0, 0.1) is 6.92 Å². The Labute approximate surface area is 60.3 Å². The van der Waals surface area contributed by atoms with Crippen LogP contribution in [0.2, 0.25) is 0 Å². The smallest absolute Gasteiger partial charge is 0.125 e. The van der Waals surface area contributed by atoms with Crippen molar-refractivity contribution in [2.45, 2.75) is 19.9 Å². The van der Waals surface area contributed by atoms with Gasteiger partial charge in [-0.15, -0.1) is 0 Å². The van der Waals surface area contributed by atoms with Crippen LogP contribution < -0.4 is 5.73 Å². The van der Waals surface area contributed by atoms with Gasteiger partial charge in [0.15, 0.2) is 0 Å². The molecule has 0 aliphatic rings. The van der Waals surface area contributed by atoms with Gasteiger partial charge in [0.25, 0.3) is 0 Å². The lowest BCUT2D eigenvalue weighted by Crippen LogP contribution is -2.08. The molecule has 0 fully saturated rings. The molecule has 0 bridgehead atoms. The molecule has 0 radical (unpaired) electrons. The zero-order chi connectivity index (χ0) is 7.56. The summed E-state index contributed by atoms with van der Waals surface area (Å²) >= 11 is 0. The first-order valence-corrected chi connectivity index (χ1v) is 3.25. The third-order valence-electron chi connectivity index (χ3n) is 1.26. The minimum atomic E-state index is 0.00157. The molecule has 0 aromatic carbocycles. The van der Waals surface area contributed by atoms with E-state index in [0.717, 1.165) is 11.5 Å². The fraction of sp³-hybridized carbons (Fsp3) is 0.429. The zero-order valence-corrected chi connectivity index (χ0v) is 6.20. The first-order valence-electron chi connectivity index (χ1n) is 3.25. The van der Waals surface area contributed by atoms with E-state index in [-0.39, 0.29) is 6.04 Å². The van der Waals surface area contributed by atoms with Crippen LogP contribution in [0.3, 0.4) is 0 Å². The monoisotopic (exact) mass is 137 g/mol. The SMILES string of the molecule is Cc1nccc([C@H](C)N)n1. The van der Waals surface area contributed by atoms with Gasteiger partial charge in [0.1, 0.15) is 5.82 Å². The van der Waals surface area contributed by atoms with Crippen molar-refractivity contribution < 1.29 is 0 Å². The summed E-state index contributed by atoms with van der Waals surface area (Å²) in [4.78, 5) is 8.09. The lowest BCUT2D eigenvalue weighted by molar-refractivity contribution is 0.765. The zero-order valence-electron chi connectivity index (χ0n) is 6.20. The molecule has 3 nitrogen and oxygen atoms in total. The molecule has 0 amide bonds. The Balaban J connectivity index is 2.96. The summed E-state index contributed by atoms with van der Waals surface area (Å²) in [5.41, 5.74) is 6.49. The Morgan fingerprint density at radius 2 is 2.30 bits per heavy atom. The number of nitrogens with zero attached hydrogens (tertiary/aromatic N) is 2. The molecule has 10 heavy (non-hydrogen) atoms. The summed E-state index contributed by atoms with van der Waals surface area (Å²) in [6, 6.07) is 1.83. The molecule has 3 heteroatoms. The quantitative estimate of drug-likeness (QED) is 0.623. The van der Waals surface area contributed by atoms with Crippen molar-refractivity contribution in [3.8, 4) is 0 Å². The van der Waals surface area contributed by atoms with Crippen LogP contribution in [-0.4, -0.2) is 9.97 Å². The number of nitrogens with two attached hydrogens (primary N) is 1. The molecule has 0 aliphatic heterocycles. The molecule has 1 aromatic heterocycles. The molecular weight excluding hydrogens is 126 g/mol. The third-order valence-corrected chi connectivity index (χ3v) is 1.26. The predicted molar refractivity (Wildman–Crippen MR) is 39.4 cm³/mol. The molecule has 0 aliphatic carbocycles. The summed E-state index contributed by atoms with van der Waals surface area (Å²) in [7, 11) is 0. The highest BCUT2D eigenvalue weighted by atomic mass is 14.9. The maximum Gasteiger partial charge on any atom is 0.125 e. The van der Waals surface area contributed by atoms with Gasteiger partial charge in [-0.05, 0) is 19.9 Å². The van der Waals surface area contributed by atoms with Crippen molar-refractivity contribution in [2.24, 2.45) is 5.73 Å². The molecule has 1 rings (SSSR count). The molecule has 0 unspecified atom stereocenters. The van der Waals surface area contributed by atoms with Crippen LogP contribution in [0.4, 0.5) is 0 Å². The number of aromatic nitrogens is 2. The van der Waals surface area contributed by atoms with Gasteiger partial charge in [-0.1, -0.05) is 0 Å². The van der Waals surface area contributed by atoms with Gasteiger partial charge in [-0.25, -0.2) is 9.97 Å². The van der Waals surface area contributed by atoms with Crippen LogP contribution in [0.5, 0.6) is 0 Å². The van der Waals surface area contributed by atoms with E-state index in [1.807, 2.05) is 19.9 Å². The maximum atomic E-state index is 5.59. The molecule has 0 saturated heterocycles. The first kappa shape index (κ1) is 7.15. The van der Waals surface area contributed by atoms with Crippen molar-refractivity contribution >= 4 is 0 Å². The van der Waals surface area contributed by atoms with E-state index < -0.39 is 0 Å². The van der Waals surface area contributed by atoms with E-state index in [0.29, 0.717) is 0 Å². The van der Waals surface area contributed by atoms with Crippen LogP contribution in [0.1, 0.15) is 24.5 Å². The Kier molecular flexibility index (Phi) is 1.97. The number of hydrogen-bond acceptors (Lipinski definition) is 3. The summed E-state index contributed by atoms with van der Waals surface area (Å²) in [5, 5.41) is 0. The predicted octanol–water partition coefficient (Wildman–Crippen LogP) is 0.805. The van der Waals surface area contributed by atoms with E-state index in [2.05, 4.69) is 9.97 Å². The lowest BCUT2D eigenvalue weighted by atomic mass is 10.2. The highest BCUT2D eigenvalue weighted by Crippen LogP contribution is 2.03. The minimum Gasteiger partial charge on any atom is -0.323 e. The Hall–Kier alpha value is -0.960.